The van der Waals surface area contributed by atoms with Gasteiger partial charge in [-0.1, -0.05) is 41.9 Å². The van der Waals surface area contributed by atoms with Crippen molar-refractivity contribution < 1.29 is 19.4 Å². The molecule has 11 heteroatoms. The van der Waals surface area contributed by atoms with Gasteiger partial charge < -0.3 is 25.8 Å². The lowest BCUT2D eigenvalue weighted by molar-refractivity contribution is -0.126. The molecule has 2 aromatic carbocycles. The summed E-state index contributed by atoms with van der Waals surface area (Å²) in [7, 11) is 0. The summed E-state index contributed by atoms with van der Waals surface area (Å²) >= 11 is 12.5. The van der Waals surface area contributed by atoms with E-state index in [0.717, 1.165) is 51.3 Å². The molecule has 1 fully saturated rings. The van der Waals surface area contributed by atoms with E-state index in [0.29, 0.717) is 33.7 Å². The van der Waals surface area contributed by atoms with E-state index >= 15 is 0 Å². The quantitative estimate of drug-likeness (QED) is 0.247. The Morgan fingerprint density at radius 3 is 2.62 bits per heavy atom. The molecule has 1 atom stereocenters. The Labute approximate surface area is 240 Å². The number of nitrogens with two attached hydrogens (primary N) is 1. The van der Waals surface area contributed by atoms with Crippen molar-refractivity contribution in [2.24, 2.45) is 5.73 Å². The van der Waals surface area contributed by atoms with Crippen LogP contribution in [0.1, 0.15) is 25.3 Å². The fraction of sp³-hybridized carbons (Fsp3) is 0.429. The standard InChI is InChI=1S/C28H37Cl2N5O4/c1-3-21-9-10-22(17-25(21)35(19-36)28(38)20(2)32-26(37)18-31)39-16-5-4-11-33-12-14-34(15-13-33)24-8-6-7-23(29)27(24)30/h3,6-10,17,20,36H,1,4-5,11-16,18-19,31H2,2H3,(H,32,37). The number of hydrogen-bond donors (Lipinski definition) is 3. The number of nitrogens with zero attached hydrogens (tertiary/aromatic N) is 3. The molecule has 1 unspecified atom stereocenters. The maximum absolute atomic E-state index is 12.9. The molecule has 212 valence electrons. The Morgan fingerprint density at radius 1 is 1.21 bits per heavy atom. The van der Waals surface area contributed by atoms with Crippen molar-refractivity contribution in [2.45, 2.75) is 25.8 Å². The van der Waals surface area contributed by atoms with Gasteiger partial charge in [-0.05, 0) is 56.1 Å². The number of carbonyl (C=O) groups is 2. The molecule has 2 amide bonds. The number of aliphatic hydroxyl groups is 1. The molecule has 0 aromatic heterocycles. The van der Waals surface area contributed by atoms with Crippen molar-refractivity contribution in [3.8, 4) is 5.75 Å². The molecule has 0 saturated carbocycles. The van der Waals surface area contributed by atoms with Gasteiger partial charge in [0.2, 0.25) is 5.91 Å². The molecule has 1 heterocycles. The van der Waals surface area contributed by atoms with Crippen LogP contribution in [0.15, 0.2) is 43.0 Å². The highest BCUT2D eigenvalue weighted by Gasteiger charge is 2.24. The van der Waals surface area contributed by atoms with Crippen molar-refractivity contribution >= 4 is 52.5 Å². The van der Waals surface area contributed by atoms with Gasteiger partial charge in [0.25, 0.3) is 5.91 Å². The number of anilines is 2. The number of unbranched alkanes of at least 4 members (excludes halogenated alkanes) is 1. The average Bonchev–Trinajstić information content (AvgIpc) is 2.95. The Balaban J connectivity index is 1.48. The topological polar surface area (TPSA) is 111 Å². The second kappa shape index (κ2) is 15.1. The van der Waals surface area contributed by atoms with Crippen LogP contribution >= 0.6 is 23.2 Å². The number of benzene rings is 2. The molecular weight excluding hydrogens is 541 g/mol. The molecule has 0 bridgehead atoms. The lowest BCUT2D eigenvalue weighted by Crippen LogP contribution is -2.49. The van der Waals surface area contributed by atoms with E-state index in [4.69, 9.17) is 33.7 Å². The third-order valence-corrected chi connectivity index (χ3v) is 7.44. The number of halogens is 2. The van der Waals surface area contributed by atoms with Gasteiger partial charge in [0, 0.05) is 32.2 Å². The highest BCUT2D eigenvalue weighted by molar-refractivity contribution is 6.43. The van der Waals surface area contributed by atoms with Gasteiger partial charge in [-0.15, -0.1) is 0 Å². The largest absolute Gasteiger partial charge is 0.494 e. The van der Waals surface area contributed by atoms with Crippen LogP contribution in [0.25, 0.3) is 6.08 Å². The van der Waals surface area contributed by atoms with Crippen LogP contribution in [-0.4, -0.2) is 80.5 Å². The smallest absolute Gasteiger partial charge is 0.251 e. The summed E-state index contributed by atoms with van der Waals surface area (Å²) in [6.45, 7) is 9.71. The molecular formula is C28H37Cl2N5O4. The van der Waals surface area contributed by atoms with Gasteiger partial charge in [-0.3, -0.25) is 19.4 Å². The summed E-state index contributed by atoms with van der Waals surface area (Å²) in [5, 5.41) is 13.6. The summed E-state index contributed by atoms with van der Waals surface area (Å²) in [5.41, 5.74) is 7.40. The van der Waals surface area contributed by atoms with Crippen molar-refractivity contribution in [2.75, 3.05) is 62.4 Å². The first-order valence-corrected chi connectivity index (χ1v) is 13.8. The van der Waals surface area contributed by atoms with Crippen LogP contribution in [0, 0.1) is 0 Å². The van der Waals surface area contributed by atoms with Gasteiger partial charge in [-0.2, -0.15) is 0 Å². The third kappa shape index (κ3) is 8.33. The van der Waals surface area contributed by atoms with Crippen LogP contribution in [0.4, 0.5) is 11.4 Å². The molecule has 3 rings (SSSR count). The Kier molecular flexibility index (Phi) is 11.9. The molecule has 0 radical (unpaired) electrons. The highest BCUT2D eigenvalue weighted by Crippen LogP contribution is 2.33. The summed E-state index contributed by atoms with van der Waals surface area (Å²) in [5.74, 6) is -0.355. The highest BCUT2D eigenvalue weighted by atomic mass is 35.5. The first-order chi connectivity index (χ1) is 18.8. The lowest BCUT2D eigenvalue weighted by Gasteiger charge is -2.36. The molecule has 0 spiro atoms. The van der Waals surface area contributed by atoms with E-state index in [9.17, 15) is 14.7 Å². The molecule has 9 nitrogen and oxygen atoms in total. The zero-order valence-electron chi connectivity index (χ0n) is 22.2. The van der Waals surface area contributed by atoms with Crippen LogP contribution in [0.5, 0.6) is 5.75 Å². The predicted octanol–water partition coefficient (Wildman–Crippen LogP) is 3.36. The molecule has 4 N–H and O–H groups in total. The molecule has 39 heavy (non-hydrogen) atoms. The number of piperazine rings is 1. The van der Waals surface area contributed by atoms with Crippen molar-refractivity contribution in [3.05, 3.63) is 58.6 Å². The molecule has 2 aromatic rings. The molecule has 1 aliphatic rings. The molecule has 0 aliphatic carbocycles. The fourth-order valence-corrected chi connectivity index (χ4v) is 4.87. The number of rotatable bonds is 13. The minimum absolute atomic E-state index is 0.230. The van der Waals surface area contributed by atoms with Crippen LogP contribution in [-0.2, 0) is 9.59 Å². The summed E-state index contributed by atoms with van der Waals surface area (Å²) < 4.78 is 5.96. The number of nitrogens with one attached hydrogen (secondary N) is 1. The predicted molar refractivity (Wildman–Crippen MR) is 158 cm³/mol. The number of ether oxygens (including phenoxy) is 1. The number of hydrogen-bond acceptors (Lipinski definition) is 7. The number of carbonyl (C=O) groups excluding carboxylic acids is 2. The van der Waals surface area contributed by atoms with E-state index in [1.807, 2.05) is 12.1 Å². The fourth-order valence-electron chi connectivity index (χ4n) is 4.46. The Hall–Kier alpha value is -2.82. The average molecular weight is 579 g/mol. The lowest BCUT2D eigenvalue weighted by atomic mass is 10.1. The summed E-state index contributed by atoms with van der Waals surface area (Å²) in [6.07, 6.45) is 3.44. The third-order valence-electron chi connectivity index (χ3n) is 6.63. The Bertz CT molecular complexity index is 1140. The maximum atomic E-state index is 12.9. The zero-order valence-corrected chi connectivity index (χ0v) is 23.8. The van der Waals surface area contributed by atoms with Gasteiger partial charge in [-0.25, -0.2) is 0 Å². The van der Waals surface area contributed by atoms with E-state index in [1.165, 1.54) is 4.90 Å². The maximum Gasteiger partial charge on any atom is 0.251 e. The molecule has 1 aliphatic heterocycles. The normalized spacial score (nSPS) is 14.5. The van der Waals surface area contributed by atoms with E-state index in [1.54, 1.807) is 37.3 Å². The second-order valence-electron chi connectivity index (χ2n) is 9.28. The van der Waals surface area contributed by atoms with Crippen molar-refractivity contribution in [3.63, 3.8) is 0 Å². The van der Waals surface area contributed by atoms with Gasteiger partial charge in [0.15, 0.2) is 0 Å². The van der Waals surface area contributed by atoms with Gasteiger partial charge in [0.1, 0.15) is 18.5 Å². The number of amides is 2. The van der Waals surface area contributed by atoms with Gasteiger partial charge in [0.05, 0.1) is 34.6 Å². The zero-order chi connectivity index (χ0) is 28.4. The van der Waals surface area contributed by atoms with E-state index < -0.39 is 24.6 Å². The SMILES string of the molecule is C=Cc1ccc(OCCCCN2CCN(c3cccc(Cl)c3Cl)CC2)cc1N(CO)C(=O)C(C)NC(=O)CN. The first kappa shape index (κ1) is 30.7. The van der Waals surface area contributed by atoms with Crippen LogP contribution in [0.2, 0.25) is 10.0 Å². The minimum atomic E-state index is -0.861. The summed E-state index contributed by atoms with van der Waals surface area (Å²) in [4.78, 5) is 30.4. The van der Waals surface area contributed by atoms with Crippen LogP contribution < -0.4 is 25.6 Å². The van der Waals surface area contributed by atoms with Crippen LogP contribution in [0.3, 0.4) is 0 Å². The first-order valence-electron chi connectivity index (χ1n) is 13.0. The van der Waals surface area contributed by atoms with Crippen molar-refractivity contribution in [1.29, 1.82) is 0 Å². The monoisotopic (exact) mass is 577 g/mol. The van der Waals surface area contributed by atoms with E-state index in [2.05, 4.69) is 21.7 Å². The van der Waals surface area contributed by atoms with E-state index in [-0.39, 0.29) is 6.54 Å². The number of aliphatic hydroxyl groups excluding tert-OH is 1. The van der Waals surface area contributed by atoms with Crippen molar-refractivity contribution in [1.82, 2.24) is 10.2 Å². The minimum Gasteiger partial charge on any atom is -0.494 e. The molecule has 1 saturated heterocycles. The Morgan fingerprint density at radius 2 is 1.95 bits per heavy atom. The summed E-state index contributed by atoms with van der Waals surface area (Å²) in [6, 6.07) is 10.1. The van der Waals surface area contributed by atoms with Gasteiger partial charge >= 0.3 is 0 Å². The second-order valence-corrected chi connectivity index (χ2v) is 10.1.